The monoisotopic (exact) mass is 233 g/mol. The van der Waals surface area contributed by atoms with Crippen molar-refractivity contribution in [2.24, 2.45) is 0 Å². The molecule has 1 N–H and O–H groups in total. The quantitative estimate of drug-likeness (QED) is 0.460. The Morgan fingerprint density at radius 1 is 1.29 bits per heavy atom. The molecule has 0 bridgehead atoms. The van der Waals surface area contributed by atoms with Gasteiger partial charge in [-0.3, -0.25) is 9.59 Å². The van der Waals surface area contributed by atoms with Gasteiger partial charge in [-0.05, 0) is 6.92 Å². The summed E-state index contributed by atoms with van der Waals surface area (Å²) in [5.41, 5.74) is 0.613. The molecule has 1 rings (SSSR count). The van der Waals surface area contributed by atoms with Crippen molar-refractivity contribution in [3.63, 3.8) is 0 Å². The Balaban J connectivity index is 2.35. The average Bonchev–Trinajstić information content (AvgIpc) is 2.36. The van der Waals surface area contributed by atoms with Crippen LogP contribution in [0.25, 0.3) is 0 Å². The average molecular weight is 233 g/mol. The van der Waals surface area contributed by atoms with Crippen molar-refractivity contribution in [1.29, 1.82) is 0 Å². The second-order valence-electron chi connectivity index (χ2n) is 3.25. The minimum Gasteiger partial charge on any atom is -0.465 e. The lowest BCUT2D eigenvalue weighted by Crippen LogP contribution is -2.20. The molecule has 4 nitrogen and oxygen atoms in total. The van der Waals surface area contributed by atoms with Crippen LogP contribution in [-0.4, -0.2) is 24.9 Å². The SMILES string of the molecule is CCOC(=O)CNC=CC(=O)c1ccccc1. The molecule has 4 heteroatoms. The standard InChI is InChI=1S/C13H15NO3/c1-2-17-13(16)10-14-9-8-12(15)11-6-4-3-5-7-11/h3-9,14H,2,10H2,1H3. The van der Waals surface area contributed by atoms with Gasteiger partial charge in [-0.2, -0.15) is 0 Å². The third-order valence-corrected chi connectivity index (χ3v) is 1.96. The van der Waals surface area contributed by atoms with Crippen LogP contribution in [0.2, 0.25) is 0 Å². The lowest BCUT2D eigenvalue weighted by Gasteiger charge is -2.00. The van der Waals surface area contributed by atoms with Crippen LogP contribution in [0.4, 0.5) is 0 Å². The zero-order chi connectivity index (χ0) is 12.5. The lowest BCUT2D eigenvalue weighted by atomic mass is 10.1. The van der Waals surface area contributed by atoms with Crippen LogP contribution in [0.15, 0.2) is 42.6 Å². The third-order valence-electron chi connectivity index (χ3n) is 1.96. The van der Waals surface area contributed by atoms with Crippen molar-refractivity contribution in [1.82, 2.24) is 5.32 Å². The molecule has 0 aliphatic heterocycles. The van der Waals surface area contributed by atoms with Gasteiger partial charge in [-0.1, -0.05) is 30.3 Å². The van der Waals surface area contributed by atoms with Gasteiger partial charge in [0.15, 0.2) is 5.78 Å². The summed E-state index contributed by atoms with van der Waals surface area (Å²) in [6, 6.07) is 8.91. The fraction of sp³-hybridized carbons (Fsp3) is 0.231. The van der Waals surface area contributed by atoms with E-state index in [-0.39, 0.29) is 18.3 Å². The van der Waals surface area contributed by atoms with E-state index >= 15 is 0 Å². The van der Waals surface area contributed by atoms with E-state index in [4.69, 9.17) is 4.74 Å². The first-order valence-electron chi connectivity index (χ1n) is 5.39. The van der Waals surface area contributed by atoms with Crippen LogP contribution in [0.3, 0.4) is 0 Å². The Kier molecular flexibility index (Phi) is 5.51. The van der Waals surface area contributed by atoms with Crippen LogP contribution in [0.5, 0.6) is 0 Å². The molecule has 0 radical (unpaired) electrons. The van der Waals surface area contributed by atoms with Crippen LogP contribution in [0.1, 0.15) is 17.3 Å². The van der Waals surface area contributed by atoms with E-state index in [9.17, 15) is 9.59 Å². The van der Waals surface area contributed by atoms with Crippen molar-refractivity contribution < 1.29 is 14.3 Å². The molecular weight excluding hydrogens is 218 g/mol. The molecule has 0 saturated carbocycles. The first kappa shape index (κ1) is 13.0. The third kappa shape index (κ3) is 4.97. The topological polar surface area (TPSA) is 55.4 Å². The van der Waals surface area contributed by atoms with E-state index in [0.717, 1.165) is 0 Å². The maximum Gasteiger partial charge on any atom is 0.325 e. The number of rotatable bonds is 6. The molecular formula is C13H15NO3. The Morgan fingerprint density at radius 3 is 2.65 bits per heavy atom. The first-order chi connectivity index (χ1) is 8.24. The lowest BCUT2D eigenvalue weighted by molar-refractivity contribution is -0.141. The van der Waals surface area contributed by atoms with Crippen molar-refractivity contribution in [2.45, 2.75) is 6.92 Å². The van der Waals surface area contributed by atoms with Gasteiger partial charge in [0.1, 0.15) is 6.54 Å². The molecule has 1 aromatic carbocycles. The molecule has 90 valence electrons. The van der Waals surface area contributed by atoms with Crippen LogP contribution < -0.4 is 5.32 Å². The summed E-state index contributed by atoms with van der Waals surface area (Å²) in [6.07, 6.45) is 2.83. The molecule has 0 atom stereocenters. The van der Waals surface area contributed by atoms with Crippen molar-refractivity contribution in [3.05, 3.63) is 48.2 Å². The van der Waals surface area contributed by atoms with E-state index in [1.807, 2.05) is 6.07 Å². The van der Waals surface area contributed by atoms with E-state index in [0.29, 0.717) is 12.2 Å². The summed E-state index contributed by atoms with van der Waals surface area (Å²) in [5, 5.41) is 2.69. The molecule has 0 fully saturated rings. The molecule has 0 amide bonds. The maximum atomic E-state index is 11.6. The zero-order valence-corrected chi connectivity index (χ0v) is 9.68. The molecule has 17 heavy (non-hydrogen) atoms. The minimum atomic E-state index is -0.343. The molecule has 0 aliphatic carbocycles. The highest BCUT2D eigenvalue weighted by Crippen LogP contribution is 1.99. The fourth-order valence-corrected chi connectivity index (χ4v) is 1.19. The van der Waals surface area contributed by atoms with E-state index in [1.54, 1.807) is 31.2 Å². The highest BCUT2D eigenvalue weighted by Gasteiger charge is 2.00. The number of nitrogens with one attached hydrogen (secondary N) is 1. The van der Waals surface area contributed by atoms with E-state index < -0.39 is 0 Å². The second-order valence-corrected chi connectivity index (χ2v) is 3.25. The summed E-state index contributed by atoms with van der Waals surface area (Å²) in [5.74, 6) is -0.453. The van der Waals surface area contributed by atoms with E-state index in [2.05, 4.69) is 5.32 Å². The Labute approximate surface area is 100 Å². The summed E-state index contributed by atoms with van der Waals surface area (Å²) < 4.78 is 4.71. The number of esters is 1. The highest BCUT2D eigenvalue weighted by molar-refractivity contribution is 6.04. The van der Waals surface area contributed by atoms with Gasteiger partial charge in [0.2, 0.25) is 0 Å². The van der Waals surface area contributed by atoms with Crippen molar-refractivity contribution >= 4 is 11.8 Å². The minimum absolute atomic E-state index is 0.0619. The Hall–Kier alpha value is -2.10. The first-order valence-corrected chi connectivity index (χ1v) is 5.39. The highest BCUT2D eigenvalue weighted by atomic mass is 16.5. The number of benzene rings is 1. The maximum absolute atomic E-state index is 11.6. The van der Waals surface area contributed by atoms with Gasteiger partial charge in [-0.25, -0.2) is 0 Å². The number of carbonyl (C=O) groups is 2. The molecule has 1 aromatic rings. The van der Waals surface area contributed by atoms with Crippen LogP contribution in [0, 0.1) is 0 Å². The molecule has 0 spiro atoms. The second kappa shape index (κ2) is 7.22. The Morgan fingerprint density at radius 2 is 2.00 bits per heavy atom. The molecule has 0 aliphatic rings. The number of ether oxygens (including phenoxy) is 1. The molecule has 0 saturated heterocycles. The van der Waals surface area contributed by atoms with Gasteiger partial charge >= 0.3 is 5.97 Å². The van der Waals surface area contributed by atoms with Crippen LogP contribution in [-0.2, 0) is 9.53 Å². The normalized spacial score (nSPS) is 10.2. The van der Waals surface area contributed by atoms with Crippen molar-refractivity contribution in [2.75, 3.05) is 13.2 Å². The zero-order valence-electron chi connectivity index (χ0n) is 9.68. The van der Waals surface area contributed by atoms with E-state index in [1.165, 1.54) is 12.3 Å². The molecule has 0 aromatic heterocycles. The largest absolute Gasteiger partial charge is 0.465 e. The Bertz CT molecular complexity index is 398. The van der Waals surface area contributed by atoms with Gasteiger partial charge in [0.25, 0.3) is 0 Å². The fourth-order valence-electron chi connectivity index (χ4n) is 1.19. The number of allylic oxidation sites excluding steroid dienone is 1. The molecule has 0 unspecified atom stereocenters. The molecule has 0 heterocycles. The predicted molar refractivity (Wildman–Crippen MR) is 64.5 cm³/mol. The van der Waals surface area contributed by atoms with Gasteiger partial charge in [-0.15, -0.1) is 0 Å². The number of hydrogen-bond acceptors (Lipinski definition) is 4. The van der Waals surface area contributed by atoms with Gasteiger partial charge < -0.3 is 10.1 Å². The number of hydrogen-bond donors (Lipinski definition) is 1. The van der Waals surface area contributed by atoms with Gasteiger partial charge in [0.05, 0.1) is 6.61 Å². The number of carbonyl (C=O) groups excluding carboxylic acids is 2. The summed E-state index contributed by atoms with van der Waals surface area (Å²) in [4.78, 5) is 22.5. The summed E-state index contributed by atoms with van der Waals surface area (Å²) in [7, 11) is 0. The number of ketones is 1. The van der Waals surface area contributed by atoms with Gasteiger partial charge in [0, 0.05) is 17.8 Å². The van der Waals surface area contributed by atoms with Crippen molar-refractivity contribution in [3.8, 4) is 0 Å². The smallest absolute Gasteiger partial charge is 0.325 e. The summed E-state index contributed by atoms with van der Waals surface area (Å²) >= 11 is 0. The predicted octanol–water partition coefficient (Wildman–Crippen LogP) is 1.54. The summed E-state index contributed by atoms with van der Waals surface area (Å²) in [6.45, 7) is 2.16. The van der Waals surface area contributed by atoms with Crippen LogP contribution >= 0.6 is 0 Å².